The average Bonchev–Trinajstić information content (AvgIpc) is 2.42. The van der Waals surface area contributed by atoms with Gasteiger partial charge in [-0.1, -0.05) is 6.92 Å². The number of likely N-dealkylation sites (N-methyl/N-ethyl adjacent to an activating group) is 1. The molecule has 110 valence electrons. The highest BCUT2D eigenvalue weighted by molar-refractivity contribution is 6.01. The van der Waals surface area contributed by atoms with Gasteiger partial charge in [-0.15, -0.1) is 0 Å². The van der Waals surface area contributed by atoms with Gasteiger partial charge in [-0.3, -0.25) is 9.59 Å². The zero-order valence-electron chi connectivity index (χ0n) is 12.1. The van der Waals surface area contributed by atoms with Crippen LogP contribution in [0.1, 0.15) is 35.7 Å². The van der Waals surface area contributed by atoms with Gasteiger partial charge in [0.25, 0.3) is 0 Å². The first-order chi connectivity index (χ1) is 9.49. The van der Waals surface area contributed by atoms with Crippen molar-refractivity contribution in [1.29, 1.82) is 0 Å². The third kappa shape index (κ3) is 4.35. The second-order valence-corrected chi connectivity index (χ2v) is 4.59. The van der Waals surface area contributed by atoms with E-state index < -0.39 is 12.0 Å². The number of hydrogen-bond donors (Lipinski definition) is 2. The Labute approximate surface area is 118 Å². The van der Waals surface area contributed by atoms with Crippen molar-refractivity contribution in [3.05, 3.63) is 29.3 Å². The highest BCUT2D eigenvalue weighted by Gasteiger charge is 2.21. The lowest BCUT2D eigenvalue weighted by Crippen LogP contribution is -2.37. The van der Waals surface area contributed by atoms with Crippen LogP contribution in [0.2, 0.25) is 0 Å². The van der Waals surface area contributed by atoms with E-state index in [1.165, 1.54) is 0 Å². The largest absolute Gasteiger partial charge is 0.497 e. The molecule has 0 heterocycles. The number of hydrogen-bond acceptors (Lipinski definition) is 4. The standard InChI is InChI=1S/C15H21NO4/c1-4-16-13(7-8-14(17)18)15(19)12-6-5-11(20-3)9-10(12)2/h5-6,9,13,16H,4,7-8H2,1-3H3,(H,17,18). The molecule has 1 rings (SSSR count). The lowest BCUT2D eigenvalue weighted by atomic mass is 9.96. The van der Waals surface area contributed by atoms with Crippen LogP contribution in [0.25, 0.3) is 0 Å². The van der Waals surface area contributed by atoms with E-state index in [2.05, 4.69) is 5.32 Å². The van der Waals surface area contributed by atoms with Crippen molar-refractivity contribution >= 4 is 11.8 Å². The lowest BCUT2D eigenvalue weighted by Gasteiger charge is -2.17. The fourth-order valence-corrected chi connectivity index (χ4v) is 2.07. The third-order valence-corrected chi connectivity index (χ3v) is 3.11. The van der Waals surface area contributed by atoms with Crippen LogP contribution >= 0.6 is 0 Å². The number of ketones is 1. The lowest BCUT2D eigenvalue weighted by molar-refractivity contribution is -0.137. The molecule has 0 spiro atoms. The topological polar surface area (TPSA) is 75.6 Å². The van der Waals surface area contributed by atoms with Gasteiger partial charge in [-0.05, 0) is 43.7 Å². The number of methoxy groups -OCH3 is 1. The molecule has 0 aliphatic carbocycles. The number of carbonyl (C=O) groups excluding carboxylic acids is 1. The van der Waals surface area contributed by atoms with E-state index in [0.29, 0.717) is 17.9 Å². The van der Waals surface area contributed by atoms with Crippen molar-refractivity contribution in [2.75, 3.05) is 13.7 Å². The maximum Gasteiger partial charge on any atom is 0.303 e. The summed E-state index contributed by atoms with van der Waals surface area (Å²) in [4.78, 5) is 23.1. The van der Waals surface area contributed by atoms with Crippen LogP contribution in [-0.2, 0) is 4.79 Å². The second kappa shape index (κ2) is 7.65. The Morgan fingerprint density at radius 1 is 1.40 bits per heavy atom. The molecule has 5 nitrogen and oxygen atoms in total. The van der Waals surface area contributed by atoms with Gasteiger partial charge in [0, 0.05) is 12.0 Å². The maximum absolute atomic E-state index is 12.5. The molecule has 0 radical (unpaired) electrons. The van der Waals surface area contributed by atoms with E-state index in [9.17, 15) is 9.59 Å². The Morgan fingerprint density at radius 3 is 2.60 bits per heavy atom. The quantitative estimate of drug-likeness (QED) is 0.712. The minimum absolute atomic E-state index is 0.0292. The van der Waals surface area contributed by atoms with Crippen LogP contribution in [0.3, 0.4) is 0 Å². The van der Waals surface area contributed by atoms with Gasteiger partial charge in [0.15, 0.2) is 5.78 Å². The number of carboxylic acid groups (broad SMARTS) is 1. The summed E-state index contributed by atoms with van der Waals surface area (Å²) in [6.45, 7) is 4.35. The van der Waals surface area contributed by atoms with Crippen molar-refractivity contribution in [3.63, 3.8) is 0 Å². The smallest absolute Gasteiger partial charge is 0.303 e. The number of carbonyl (C=O) groups is 2. The number of ether oxygens (including phenoxy) is 1. The molecule has 0 saturated carbocycles. The Hall–Kier alpha value is -1.88. The first-order valence-corrected chi connectivity index (χ1v) is 6.63. The summed E-state index contributed by atoms with van der Waals surface area (Å²) < 4.78 is 5.11. The molecule has 20 heavy (non-hydrogen) atoms. The van der Waals surface area contributed by atoms with Crippen molar-refractivity contribution in [2.24, 2.45) is 0 Å². The van der Waals surface area contributed by atoms with E-state index in [4.69, 9.17) is 9.84 Å². The molecular weight excluding hydrogens is 258 g/mol. The van der Waals surface area contributed by atoms with E-state index in [1.54, 1.807) is 25.3 Å². The van der Waals surface area contributed by atoms with Crippen molar-refractivity contribution < 1.29 is 19.4 Å². The summed E-state index contributed by atoms with van der Waals surface area (Å²) in [5, 5.41) is 11.8. The van der Waals surface area contributed by atoms with Crippen molar-refractivity contribution in [1.82, 2.24) is 5.32 Å². The third-order valence-electron chi connectivity index (χ3n) is 3.11. The molecule has 0 saturated heterocycles. The van der Waals surface area contributed by atoms with Crippen LogP contribution < -0.4 is 10.1 Å². The normalized spacial score (nSPS) is 11.9. The highest BCUT2D eigenvalue weighted by Crippen LogP contribution is 2.19. The zero-order chi connectivity index (χ0) is 15.1. The molecule has 0 aromatic heterocycles. The Morgan fingerprint density at radius 2 is 2.10 bits per heavy atom. The monoisotopic (exact) mass is 279 g/mol. The van der Waals surface area contributed by atoms with E-state index >= 15 is 0 Å². The van der Waals surface area contributed by atoms with Crippen LogP contribution in [-0.4, -0.2) is 36.6 Å². The SMILES string of the molecule is CCNC(CCC(=O)O)C(=O)c1ccc(OC)cc1C. The first kappa shape index (κ1) is 16.2. The molecule has 2 N–H and O–H groups in total. The summed E-state index contributed by atoms with van der Waals surface area (Å²) in [6.07, 6.45) is 0.256. The highest BCUT2D eigenvalue weighted by atomic mass is 16.5. The van der Waals surface area contributed by atoms with Gasteiger partial charge >= 0.3 is 5.97 Å². The number of aliphatic carboxylic acids is 1. The number of benzene rings is 1. The molecule has 1 aromatic rings. The van der Waals surface area contributed by atoms with Gasteiger partial charge < -0.3 is 15.2 Å². The fourth-order valence-electron chi connectivity index (χ4n) is 2.07. The fraction of sp³-hybridized carbons (Fsp3) is 0.467. The van der Waals surface area contributed by atoms with E-state index in [-0.39, 0.29) is 18.6 Å². The number of aryl methyl sites for hydroxylation is 1. The molecule has 0 fully saturated rings. The minimum Gasteiger partial charge on any atom is -0.497 e. The number of carboxylic acids is 1. The summed E-state index contributed by atoms with van der Waals surface area (Å²) >= 11 is 0. The summed E-state index contributed by atoms with van der Waals surface area (Å²) in [5.74, 6) is -0.273. The van der Waals surface area contributed by atoms with Gasteiger partial charge in [-0.2, -0.15) is 0 Å². The van der Waals surface area contributed by atoms with Gasteiger partial charge in [-0.25, -0.2) is 0 Å². The van der Waals surface area contributed by atoms with E-state index in [0.717, 1.165) is 5.56 Å². The molecule has 0 aliphatic rings. The molecule has 1 atom stereocenters. The Kier molecular flexibility index (Phi) is 6.18. The number of rotatable bonds is 8. The predicted molar refractivity (Wildman–Crippen MR) is 76.4 cm³/mol. The molecule has 1 aromatic carbocycles. The summed E-state index contributed by atoms with van der Waals surface area (Å²) in [6, 6.07) is 4.79. The molecular formula is C15H21NO4. The minimum atomic E-state index is -0.896. The number of nitrogens with one attached hydrogen (secondary N) is 1. The molecule has 1 unspecified atom stereocenters. The molecule has 0 bridgehead atoms. The molecule has 0 aliphatic heterocycles. The van der Waals surface area contributed by atoms with Gasteiger partial charge in [0.05, 0.1) is 13.2 Å². The van der Waals surface area contributed by atoms with Crippen molar-refractivity contribution in [2.45, 2.75) is 32.7 Å². The molecule has 5 heteroatoms. The summed E-state index contributed by atoms with van der Waals surface area (Å²) in [5.41, 5.74) is 1.43. The second-order valence-electron chi connectivity index (χ2n) is 4.59. The predicted octanol–water partition coefficient (Wildman–Crippen LogP) is 2.03. The zero-order valence-corrected chi connectivity index (χ0v) is 12.1. The maximum atomic E-state index is 12.5. The van der Waals surface area contributed by atoms with Crippen LogP contribution in [0.15, 0.2) is 18.2 Å². The molecule has 0 amide bonds. The van der Waals surface area contributed by atoms with Crippen LogP contribution in [0, 0.1) is 6.92 Å². The Balaban J connectivity index is 2.90. The average molecular weight is 279 g/mol. The van der Waals surface area contributed by atoms with E-state index in [1.807, 2.05) is 13.8 Å². The van der Waals surface area contributed by atoms with Crippen molar-refractivity contribution in [3.8, 4) is 5.75 Å². The van der Waals surface area contributed by atoms with Gasteiger partial charge in [0.1, 0.15) is 5.75 Å². The number of Topliss-reactive ketones (excluding diaryl/α,β-unsaturated/α-hetero) is 1. The van der Waals surface area contributed by atoms with Gasteiger partial charge in [0.2, 0.25) is 0 Å². The summed E-state index contributed by atoms with van der Waals surface area (Å²) in [7, 11) is 1.57. The Bertz CT molecular complexity index is 485. The first-order valence-electron chi connectivity index (χ1n) is 6.63. The van der Waals surface area contributed by atoms with Crippen LogP contribution in [0.4, 0.5) is 0 Å². The van der Waals surface area contributed by atoms with Crippen LogP contribution in [0.5, 0.6) is 5.75 Å².